The van der Waals surface area contributed by atoms with Crippen molar-refractivity contribution in [3.63, 3.8) is 0 Å². The van der Waals surface area contributed by atoms with Gasteiger partial charge in [-0.2, -0.15) is 5.10 Å². The van der Waals surface area contributed by atoms with Gasteiger partial charge in [0.15, 0.2) is 5.82 Å². The number of rotatable bonds is 1. The number of aryl methyl sites for hydroxylation is 1. The molecule has 0 aliphatic rings. The van der Waals surface area contributed by atoms with Gasteiger partial charge in [0, 0.05) is 7.05 Å². The minimum absolute atomic E-state index is 0.931. The monoisotopic (exact) mass is 165 g/mol. The minimum Gasteiger partial charge on any atom is -0.248 e. The summed E-state index contributed by atoms with van der Waals surface area (Å²) in [7, 11) is 1.89. The van der Waals surface area contributed by atoms with Crippen molar-refractivity contribution in [1.82, 2.24) is 14.8 Å². The van der Waals surface area contributed by atoms with Crippen LogP contribution in [0.5, 0.6) is 0 Å². The van der Waals surface area contributed by atoms with Gasteiger partial charge in [-0.05, 0) is 11.4 Å². The zero-order valence-corrected chi connectivity index (χ0v) is 6.88. The zero-order valence-electron chi connectivity index (χ0n) is 6.06. The maximum Gasteiger partial charge on any atom is 0.167 e. The van der Waals surface area contributed by atoms with Gasteiger partial charge in [-0.1, -0.05) is 6.07 Å². The van der Waals surface area contributed by atoms with Gasteiger partial charge in [0.2, 0.25) is 0 Å². The van der Waals surface area contributed by atoms with Crippen molar-refractivity contribution in [2.75, 3.05) is 0 Å². The average Bonchev–Trinajstić information content (AvgIpc) is 2.55. The summed E-state index contributed by atoms with van der Waals surface area (Å²) in [5.74, 6) is 0.931. The van der Waals surface area contributed by atoms with Crippen LogP contribution in [0.2, 0.25) is 0 Å². The van der Waals surface area contributed by atoms with Crippen molar-refractivity contribution in [2.24, 2.45) is 7.05 Å². The van der Waals surface area contributed by atoms with E-state index in [0.717, 1.165) is 10.7 Å². The quantitative estimate of drug-likeness (QED) is 0.641. The summed E-state index contributed by atoms with van der Waals surface area (Å²) in [6, 6.07) is 4.04. The zero-order chi connectivity index (χ0) is 7.68. The van der Waals surface area contributed by atoms with Gasteiger partial charge in [0.25, 0.3) is 0 Å². The fourth-order valence-electron chi connectivity index (χ4n) is 0.925. The Kier molecular flexibility index (Phi) is 1.47. The molecule has 0 aliphatic carbocycles. The molecule has 3 nitrogen and oxygen atoms in total. The van der Waals surface area contributed by atoms with E-state index in [1.54, 1.807) is 22.3 Å². The van der Waals surface area contributed by atoms with Gasteiger partial charge >= 0.3 is 0 Å². The summed E-state index contributed by atoms with van der Waals surface area (Å²) < 4.78 is 1.77. The van der Waals surface area contributed by atoms with Gasteiger partial charge in [0.1, 0.15) is 6.33 Å². The van der Waals surface area contributed by atoms with Crippen LogP contribution in [0.25, 0.3) is 10.7 Å². The summed E-state index contributed by atoms with van der Waals surface area (Å²) >= 11 is 1.67. The van der Waals surface area contributed by atoms with Gasteiger partial charge in [-0.3, -0.25) is 0 Å². The molecule has 0 N–H and O–H groups in total. The third-order valence-corrected chi connectivity index (χ3v) is 2.32. The predicted molar refractivity (Wildman–Crippen MR) is 44.3 cm³/mol. The highest BCUT2D eigenvalue weighted by atomic mass is 32.1. The van der Waals surface area contributed by atoms with Crippen LogP contribution in [0.3, 0.4) is 0 Å². The van der Waals surface area contributed by atoms with E-state index in [0.29, 0.717) is 0 Å². The Bertz CT molecular complexity index is 336. The molecule has 0 atom stereocenters. The molecule has 0 bridgehead atoms. The number of hydrogen-bond donors (Lipinski definition) is 0. The molecule has 11 heavy (non-hydrogen) atoms. The molecule has 0 aromatic carbocycles. The third-order valence-electron chi connectivity index (χ3n) is 1.45. The van der Waals surface area contributed by atoms with Gasteiger partial charge in [0.05, 0.1) is 4.88 Å². The molecule has 0 amide bonds. The number of aromatic nitrogens is 3. The molecular formula is C7H7N3S. The molecule has 56 valence electrons. The normalized spacial score (nSPS) is 10.3. The van der Waals surface area contributed by atoms with Crippen molar-refractivity contribution in [1.29, 1.82) is 0 Å². The Morgan fingerprint density at radius 3 is 3.00 bits per heavy atom. The number of hydrogen-bond acceptors (Lipinski definition) is 3. The third kappa shape index (κ3) is 1.05. The Morgan fingerprint density at radius 1 is 1.55 bits per heavy atom. The van der Waals surface area contributed by atoms with Crippen LogP contribution in [0.4, 0.5) is 0 Å². The topological polar surface area (TPSA) is 30.7 Å². The minimum atomic E-state index is 0.931. The summed E-state index contributed by atoms with van der Waals surface area (Å²) in [4.78, 5) is 5.28. The molecule has 2 rings (SSSR count). The molecule has 0 saturated carbocycles. The number of nitrogens with zero attached hydrogens (tertiary/aromatic N) is 3. The Balaban J connectivity index is 2.53. The van der Waals surface area contributed by atoms with Crippen LogP contribution in [0, 0.1) is 0 Å². The second-order valence-corrected chi connectivity index (χ2v) is 3.13. The molecule has 0 fully saturated rings. The first-order chi connectivity index (χ1) is 5.38. The van der Waals surface area contributed by atoms with Gasteiger partial charge in [-0.25, -0.2) is 9.67 Å². The standard InChI is InChI=1S/C7H7N3S/c1-10-7(8-5-9-10)6-3-2-4-11-6/h2-5H,1H3. The van der Waals surface area contributed by atoms with E-state index in [1.807, 2.05) is 24.6 Å². The Hall–Kier alpha value is -1.16. The van der Waals surface area contributed by atoms with E-state index in [4.69, 9.17) is 0 Å². The Morgan fingerprint density at radius 2 is 2.45 bits per heavy atom. The lowest BCUT2D eigenvalue weighted by Crippen LogP contribution is -1.91. The van der Waals surface area contributed by atoms with E-state index in [1.165, 1.54) is 0 Å². The average molecular weight is 165 g/mol. The van der Waals surface area contributed by atoms with Crippen LogP contribution in [0.15, 0.2) is 23.8 Å². The summed E-state index contributed by atoms with van der Waals surface area (Å²) in [6.07, 6.45) is 1.56. The second-order valence-electron chi connectivity index (χ2n) is 2.18. The lowest BCUT2D eigenvalue weighted by molar-refractivity contribution is 0.776. The first kappa shape index (κ1) is 6.54. The largest absolute Gasteiger partial charge is 0.248 e. The van der Waals surface area contributed by atoms with Gasteiger partial charge in [-0.15, -0.1) is 11.3 Å². The van der Waals surface area contributed by atoms with Crippen LogP contribution < -0.4 is 0 Å². The molecule has 0 aliphatic heterocycles. The van der Waals surface area contributed by atoms with Crippen LogP contribution in [-0.2, 0) is 7.05 Å². The summed E-state index contributed by atoms with van der Waals surface area (Å²) in [5, 5.41) is 6.02. The highest BCUT2D eigenvalue weighted by Crippen LogP contribution is 2.20. The molecule has 2 aromatic rings. The van der Waals surface area contributed by atoms with E-state index in [-0.39, 0.29) is 0 Å². The van der Waals surface area contributed by atoms with Crippen LogP contribution in [-0.4, -0.2) is 14.8 Å². The summed E-state index contributed by atoms with van der Waals surface area (Å²) in [5.41, 5.74) is 0. The van der Waals surface area contributed by atoms with Crippen molar-refractivity contribution in [3.8, 4) is 10.7 Å². The predicted octanol–water partition coefficient (Wildman–Crippen LogP) is 1.54. The van der Waals surface area contributed by atoms with Gasteiger partial charge < -0.3 is 0 Å². The molecule has 4 heteroatoms. The molecule has 2 heterocycles. The highest BCUT2D eigenvalue weighted by molar-refractivity contribution is 7.13. The highest BCUT2D eigenvalue weighted by Gasteiger charge is 2.02. The molecule has 0 saturated heterocycles. The SMILES string of the molecule is Cn1ncnc1-c1cccs1. The molecule has 2 aromatic heterocycles. The van der Waals surface area contributed by atoms with Crippen molar-refractivity contribution in [2.45, 2.75) is 0 Å². The Labute approximate surface area is 68.3 Å². The fraction of sp³-hybridized carbons (Fsp3) is 0.143. The van der Waals surface area contributed by atoms with Crippen molar-refractivity contribution < 1.29 is 0 Å². The first-order valence-electron chi connectivity index (χ1n) is 3.26. The van der Waals surface area contributed by atoms with E-state index in [9.17, 15) is 0 Å². The smallest absolute Gasteiger partial charge is 0.167 e. The lowest BCUT2D eigenvalue weighted by atomic mass is 10.4. The molecule has 0 radical (unpaired) electrons. The summed E-state index contributed by atoms with van der Waals surface area (Å²) in [6.45, 7) is 0. The first-order valence-corrected chi connectivity index (χ1v) is 4.14. The molecular weight excluding hydrogens is 158 g/mol. The molecule has 0 unspecified atom stereocenters. The maximum absolute atomic E-state index is 4.12. The lowest BCUT2D eigenvalue weighted by Gasteiger charge is -1.93. The maximum atomic E-state index is 4.12. The van der Waals surface area contributed by atoms with Crippen molar-refractivity contribution >= 4 is 11.3 Å². The van der Waals surface area contributed by atoms with Crippen molar-refractivity contribution in [3.05, 3.63) is 23.8 Å². The molecule has 0 spiro atoms. The number of thiophene rings is 1. The fourth-order valence-corrected chi connectivity index (χ4v) is 1.68. The van der Waals surface area contributed by atoms with E-state index in [2.05, 4.69) is 10.1 Å². The van der Waals surface area contributed by atoms with Crippen LogP contribution in [0.1, 0.15) is 0 Å². The van der Waals surface area contributed by atoms with E-state index < -0.39 is 0 Å². The second kappa shape index (κ2) is 2.47. The van der Waals surface area contributed by atoms with Crippen LogP contribution >= 0.6 is 11.3 Å². The van der Waals surface area contributed by atoms with E-state index >= 15 is 0 Å².